The predicted octanol–water partition coefficient (Wildman–Crippen LogP) is 4.56. The van der Waals surface area contributed by atoms with E-state index < -0.39 is 0 Å². The van der Waals surface area contributed by atoms with Crippen molar-refractivity contribution in [3.8, 4) is 0 Å². The van der Waals surface area contributed by atoms with Crippen molar-refractivity contribution < 1.29 is 0 Å². The maximum absolute atomic E-state index is 5.96. The molecule has 1 heterocycles. The first-order valence-electron chi connectivity index (χ1n) is 7.28. The highest BCUT2D eigenvalue weighted by Gasteiger charge is 2.19. The summed E-state index contributed by atoms with van der Waals surface area (Å²) in [7, 11) is 0. The molecule has 4 heteroatoms. The van der Waals surface area contributed by atoms with Gasteiger partial charge in [-0.1, -0.05) is 48.8 Å². The van der Waals surface area contributed by atoms with Crippen LogP contribution in [-0.2, 0) is 18.3 Å². The van der Waals surface area contributed by atoms with Gasteiger partial charge in [0.1, 0.15) is 0 Å². The van der Waals surface area contributed by atoms with Crippen molar-refractivity contribution in [2.45, 2.75) is 39.0 Å². The fraction of sp³-hybridized carbons (Fsp3) is 0.471. The number of nitrogens with zero attached hydrogens (tertiary/aromatic N) is 1. The Morgan fingerprint density at radius 1 is 1.19 bits per heavy atom. The van der Waals surface area contributed by atoms with Crippen molar-refractivity contribution >= 4 is 27.3 Å². The summed E-state index contributed by atoms with van der Waals surface area (Å²) in [6.45, 7) is 7.30. The van der Waals surface area contributed by atoms with Crippen LogP contribution in [0.3, 0.4) is 0 Å². The summed E-state index contributed by atoms with van der Waals surface area (Å²) in [5.74, 6) is 0.449. The number of hydrogen-bond donors (Lipinski definition) is 1. The molecule has 2 nitrogen and oxygen atoms in total. The molecule has 1 unspecified atom stereocenters. The SMILES string of the molecule is CC(C)(C)c1csc(CC(CN)Cc2ccc(Br)cc2)n1. The molecule has 1 atom stereocenters. The van der Waals surface area contributed by atoms with Gasteiger partial charge in [0, 0.05) is 21.7 Å². The quantitative estimate of drug-likeness (QED) is 0.841. The lowest BCUT2D eigenvalue weighted by Gasteiger charge is -2.15. The Balaban J connectivity index is 2.02. The van der Waals surface area contributed by atoms with E-state index in [1.807, 2.05) is 0 Å². The van der Waals surface area contributed by atoms with Gasteiger partial charge in [-0.25, -0.2) is 4.98 Å². The van der Waals surface area contributed by atoms with Crippen LogP contribution in [0.15, 0.2) is 34.1 Å². The summed E-state index contributed by atoms with van der Waals surface area (Å²) in [5.41, 5.74) is 8.60. The van der Waals surface area contributed by atoms with E-state index in [1.165, 1.54) is 16.3 Å². The molecule has 0 saturated heterocycles. The molecular weight excluding hydrogens is 344 g/mol. The van der Waals surface area contributed by atoms with E-state index in [9.17, 15) is 0 Å². The van der Waals surface area contributed by atoms with Gasteiger partial charge >= 0.3 is 0 Å². The Kier molecular flexibility index (Phi) is 5.58. The van der Waals surface area contributed by atoms with Gasteiger partial charge in [-0.3, -0.25) is 0 Å². The van der Waals surface area contributed by atoms with Crippen LogP contribution >= 0.6 is 27.3 Å². The summed E-state index contributed by atoms with van der Waals surface area (Å²) in [6.07, 6.45) is 1.97. The molecule has 0 aliphatic heterocycles. The second-order valence-electron chi connectivity index (χ2n) is 6.51. The smallest absolute Gasteiger partial charge is 0.0931 e. The van der Waals surface area contributed by atoms with E-state index in [2.05, 4.69) is 66.3 Å². The lowest BCUT2D eigenvalue weighted by molar-refractivity contribution is 0.525. The molecule has 2 aromatic rings. The number of thiazole rings is 1. The largest absolute Gasteiger partial charge is 0.330 e. The Morgan fingerprint density at radius 3 is 2.38 bits per heavy atom. The molecule has 0 aliphatic carbocycles. The minimum atomic E-state index is 0.124. The molecule has 1 aromatic carbocycles. The molecule has 0 radical (unpaired) electrons. The monoisotopic (exact) mass is 366 g/mol. The number of hydrogen-bond acceptors (Lipinski definition) is 3. The zero-order valence-electron chi connectivity index (χ0n) is 12.9. The molecule has 114 valence electrons. The minimum Gasteiger partial charge on any atom is -0.330 e. The zero-order chi connectivity index (χ0) is 15.5. The maximum Gasteiger partial charge on any atom is 0.0931 e. The van der Waals surface area contributed by atoms with E-state index in [0.29, 0.717) is 12.5 Å². The van der Waals surface area contributed by atoms with Crippen molar-refractivity contribution in [1.29, 1.82) is 0 Å². The van der Waals surface area contributed by atoms with Crippen molar-refractivity contribution in [3.05, 3.63) is 50.4 Å². The molecule has 2 N–H and O–H groups in total. The fourth-order valence-corrected chi connectivity index (χ4v) is 3.59. The van der Waals surface area contributed by atoms with Gasteiger partial charge in [-0.2, -0.15) is 0 Å². The topological polar surface area (TPSA) is 38.9 Å². The van der Waals surface area contributed by atoms with Crippen LogP contribution in [0.2, 0.25) is 0 Å². The van der Waals surface area contributed by atoms with Gasteiger partial charge in [-0.05, 0) is 36.6 Å². The molecule has 0 saturated carbocycles. The summed E-state index contributed by atoms with van der Waals surface area (Å²) in [6, 6.07) is 8.50. The molecular formula is C17H23BrN2S. The van der Waals surface area contributed by atoms with E-state index in [0.717, 1.165) is 17.3 Å². The third kappa shape index (κ3) is 4.90. The van der Waals surface area contributed by atoms with E-state index in [-0.39, 0.29) is 5.41 Å². The van der Waals surface area contributed by atoms with E-state index >= 15 is 0 Å². The number of aromatic nitrogens is 1. The first-order valence-corrected chi connectivity index (χ1v) is 8.95. The highest BCUT2D eigenvalue weighted by Crippen LogP contribution is 2.25. The van der Waals surface area contributed by atoms with Crippen LogP contribution in [0.5, 0.6) is 0 Å². The average molecular weight is 367 g/mol. The summed E-state index contributed by atoms with van der Waals surface area (Å²) in [5, 5.41) is 3.38. The maximum atomic E-state index is 5.96. The van der Waals surface area contributed by atoms with Gasteiger partial charge in [0.2, 0.25) is 0 Å². The highest BCUT2D eigenvalue weighted by atomic mass is 79.9. The lowest BCUT2D eigenvalue weighted by Crippen LogP contribution is -2.19. The molecule has 21 heavy (non-hydrogen) atoms. The van der Waals surface area contributed by atoms with Gasteiger partial charge in [0.15, 0.2) is 0 Å². The Labute approximate surface area is 139 Å². The minimum absolute atomic E-state index is 0.124. The van der Waals surface area contributed by atoms with Crippen LogP contribution in [0.4, 0.5) is 0 Å². The van der Waals surface area contributed by atoms with Crippen molar-refractivity contribution in [2.24, 2.45) is 11.7 Å². The van der Waals surface area contributed by atoms with Crippen molar-refractivity contribution in [1.82, 2.24) is 4.98 Å². The Morgan fingerprint density at radius 2 is 1.86 bits per heavy atom. The van der Waals surface area contributed by atoms with Crippen LogP contribution in [0, 0.1) is 5.92 Å². The fourth-order valence-electron chi connectivity index (χ4n) is 2.19. The summed E-state index contributed by atoms with van der Waals surface area (Å²) >= 11 is 5.23. The average Bonchev–Trinajstić information content (AvgIpc) is 2.89. The number of halogens is 1. The normalized spacial score (nSPS) is 13.4. The van der Waals surface area contributed by atoms with Crippen LogP contribution in [0.1, 0.15) is 37.0 Å². The number of benzene rings is 1. The zero-order valence-corrected chi connectivity index (χ0v) is 15.3. The van der Waals surface area contributed by atoms with Crippen molar-refractivity contribution in [3.63, 3.8) is 0 Å². The third-order valence-corrected chi connectivity index (χ3v) is 4.95. The summed E-state index contributed by atoms with van der Waals surface area (Å²) in [4.78, 5) is 4.78. The Bertz CT molecular complexity index is 569. The van der Waals surface area contributed by atoms with E-state index in [4.69, 9.17) is 10.7 Å². The second-order valence-corrected chi connectivity index (χ2v) is 8.37. The van der Waals surface area contributed by atoms with Crippen LogP contribution in [0.25, 0.3) is 0 Å². The standard InChI is InChI=1S/C17H23BrN2S/c1-17(2,3)15-11-21-16(20-15)9-13(10-19)8-12-4-6-14(18)7-5-12/h4-7,11,13H,8-10,19H2,1-3H3. The molecule has 0 spiro atoms. The van der Waals surface area contributed by atoms with Crippen LogP contribution < -0.4 is 5.73 Å². The number of rotatable bonds is 5. The van der Waals surface area contributed by atoms with Gasteiger partial charge in [-0.15, -0.1) is 11.3 Å². The molecule has 0 amide bonds. The van der Waals surface area contributed by atoms with E-state index in [1.54, 1.807) is 11.3 Å². The molecule has 1 aromatic heterocycles. The third-order valence-electron chi connectivity index (χ3n) is 3.55. The summed E-state index contributed by atoms with van der Waals surface area (Å²) < 4.78 is 1.12. The molecule has 0 fully saturated rings. The molecule has 0 aliphatic rings. The first kappa shape index (κ1) is 16.7. The van der Waals surface area contributed by atoms with Crippen molar-refractivity contribution in [2.75, 3.05) is 6.54 Å². The second kappa shape index (κ2) is 7.03. The van der Waals surface area contributed by atoms with Gasteiger partial charge < -0.3 is 5.73 Å². The Hall–Kier alpha value is -0.710. The molecule has 0 bridgehead atoms. The van der Waals surface area contributed by atoms with Gasteiger partial charge in [0.25, 0.3) is 0 Å². The number of nitrogens with two attached hydrogens (primary N) is 1. The molecule has 2 rings (SSSR count). The van der Waals surface area contributed by atoms with Crippen LogP contribution in [-0.4, -0.2) is 11.5 Å². The van der Waals surface area contributed by atoms with Gasteiger partial charge in [0.05, 0.1) is 10.7 Å². The predicted molar refractivity (Wildman–Crippen MR) is 94.9 cm³/mol. The highest BCUT2D eigenvalue weighted by molar-refractivity contribution is 9.10. The lowest BCUT2D eigenvalue weighted by atomic mass is 9.93. The first-order chi connectivity index (χ1) is 9.88.